The summed E-state index contributed by atoms with van der Waals surface area (Å²) in [7, 11) is -2.02. The molecular weight excluding hydrogens is 407 g/mol. The quantitative estimate of drug-likeness (QED) is 0.821. The summed E-state index contributed by atoms with van der Waals surface area (Å²) in [6.07, 6.45) is 3.45. The molecule has 0 radical (unpaired) electrons. The Kier molecular flexibility index (Phi) is 6.40. The van der Waals surface area contributed by atoms with Crippen LogP contribution < -0.4 is 5.32 Å². The van der Waals surface area contributed by atoms with E-state index in [0.29, 0.717) is 31.0 Å². The maximum atomic E-state index is 13.3. The first-order chi connectivity index (χ1) is 11.3. The van der Waals surface area contributed by atoms with Gasteiger partial charge in [-0.3, -0.25) is 0 Å². The molecular formula is C15H19Cl3N4O2S. The lowest BCUT2D eigenvalue weighted by molar-refractivity contribution is 0.258. The molecule has 1 aromatic carbocycles. The number of hydrogen-bond acceptors (Lipinski definition) is 4. The van der Waals surface area contributed by atoms with Crippen molar-refractivity contribution >= 4 is 45.6 Å². The molecule has 6 nitrogen and oxygen atoms in total. The number of aryl methyl sites for hydroxylation is 2. The van der Waals surface area contributed by atoms with E-state index in [1.54, 1.807) is 31.5 Å². The number of aromatic nitrogens is 2. The van der Waals surface area contributed by atoms with Gasteiger partial charge in [0.1, 0.15) is 10.7 Å². The molecule has 2 heterocycles. The fraction of sp³-hybridized carbons (Fsp3) is 0.400. The Hall–Kier alpha value is -0.830. The van der Waals surface area contributed by atoms with Crippen LogP contribution in [0.25, 0.3) is 0 Å². The number of piperazine rings is 1. The molecule has 1 fully saturated rings. The van der Waals surface area contributed by atoms with E-state index in [9.17, 15) is 8.42 Å². The van der Waals surface area contributed by atoms with Crippen molar-refractivity contribution in [2.45, 2.75) is 17.9 Å². The average Bonchev–Trinajstić information content (AvgIpc) is 2.97. The Morgan fingerprint density at radius 1 is 1.32 bits per heavy atom. The van der Waals surface area contributed by atoms with Crippen LogP contribution in [0.3, 0.4) is 0 Å². The van der Waals surface area contributed by atoms with Crippen LogP contribution in [-0.4, -0.2) is 41.9 Å². The predicted octanol–water partition coefficient (Wildman–Crippen LogP) is 2.79. The molecule has 0 bridgehead atoms. The van der Waals surface area contributed by atoms with Crippen molar-refractivity contribution < 1.29 is 8.42 Å². The molecule has 138 valence electrons. The second-order valence-corrected chi connectivity index (χ2v) is 8.35. The van der Waals surface area contributed by atoms with Crippen molar-refractivity contribution in [3.63, 3.8) is 0 Å². The first-order valence-electron chi connectivity index (χ1n) is 7.48. The van der Waals surface area contributed by atoms with E-state index in [0.717, 1.165) is 0 Å². The van der Waals surface area contributed by atoms with Crippen molar-refractivity contribution in [1.29, 1.82) is 0 Å². The summed E-state index contributed by atoms with van der Waals surface area (Å²) in [5.74, 6) is 0.672. The van der Waals surface area contributed by atoms with Gasteiger partial charge in [-0.2, -0.15) is 4.31 Å². The van der Waals surface area contributed by atoms with Crippen LogP contribution in [0, 0.1) is 6.92 Å². The SMILES string of the molecule is Cc1ccc(Cl)c(S(=O)(=O)N2CCNCC2c2nccn2C)c1Cl.Cl. The molecule has 0 aliphatic carbocycles. The van der Waals surface area contributed by atoms with Gasteiger partial charge in [0, 0.05) is 39.1 Å². The third-order valence-electron chi connectivity index (χ3n) is 4.16. The van der Waals surface area contributed by atoms with Gasteiger partial charge in [0.25, 0.3) is 0 Å². The number of rotatable bonds is 3. The number of nitrogens with one attached hydrogen (secondary N) is 1. The van der Waals surface area contributed by atoms with Crippen LogP contribution in [0.15, 0.2) is 29.4 Å². The second kappa shape index (κ2) is 7.82. The average molecular weight is 426 g/mol. The molecule has 1 atom stereocenters. The van der Waals surface area contributed by atoms with Crippen molar-refractivity contribution in [2.75, 3.05) is 19.6 Å². The Morgan fingerprint density at radius 3 is 2.68 bits per heavy atom. The van der Waals surface area contributed by atoms with Crippen LogP contribution >= 0.6 is 35.6 Å². The Balaban J connectivity index is 0.00000225. The molecule has 1 N–H and O–H groups in total. The standard InChI is InChI=1S/C15H18Cl2N4O2S.ClH/c1-10-3-4-11(16)14(13(10)17)24(22,23)21-8-5-18-9-12(21)15-19-6-7-20(15)2;/h3-4,6-7,12,18H,5,8-9H2,1-2H3;1H. The van der Waals surface area contributed by atoms with E-state index in [1.165, 1.54) is 4.31 Å². The summed E-state index contributed by atoms with van der Waals surface area (Å²) in [5, 5.41) is 3.51. The van der Waals surface area contributed by atoms with Gasteiger partial charge in [-0.15, -0.1) is 12.4 Å². The molecule has 10 heteroatoms. The first-order valence-corrected chi connectivity index (χ1v) is 9.68. The Bertz CT molecular complexity index is 870. The Labute approximate surface area is 163 Å². The van der Waals surface area contributed by atoms with Gasteiger partial charge >= 0.3 is 0 Å². The van der Waals surface area contributed by atoms with Crippen LogP contribution in [0.4, 0.5) is 0 Å². The van der Waals surface area contributed by atoms with E-state index in [-0.39, 0.29) is 27.3 Å². The molecule has 3 rings (SSSR count). The van der Waals surface area contributed by atoms with E-state index in [4.69, 9.17) is 23.2 Å². The third kappa shape index (κ3) is 3.67. The van der Waals surface area contributed by atoms with Gasteiger partial charge in [-0.05, 0) is 18.6 Å². The van der Waals surface area contributed by atoms with E-state index in [1.807, 2.05) is 11.6 Å². The zero-order valence-electron chi connectivity index (χ0n) is 13.7. The van der Waals surface area contributed by atoms with Crippen molar-refractivity contribution in [3.8, 4) is 0 Å². The number of sulfonamides is 1. The number of nitrogens with zero attached hydrogens (tertiary/aromatic N) is 3. The molecule has 1 unspecified atom stereocenters. The lowest BCUT2D eigenvalue weighted by Gasteiger charge is -2.35. The molecule has 0 spiro atoms. The van der Waals surface area contributed by atoms with Crippen molar-refractivity contribution in [1.82, 2.24) is 19.2 Å². The first kappa shape index (κ1) is 20.5. The fourth-order valence-corrected chi connectivity index (χ4v) is 5.60. The number of benzene rings is 1. The van der Waals surface area contributed by atoms with Gasteiger partial charge < -0.3 is 9.88 Å². The van der Waals surface area contributed by atoms with Crippen LogP contribution in [0.1, 0.15) is 17.4 Å². The Morgan fingerprint density at radius 2 is 2.04 bits per heavy atom. The number of hydrogen-bond donors (Lipinski definition) is 1. The van der Waals surface area contributed by atoms with Gasteiger partial charge in [-0.1, -0.05) is 29.3 Å². The third-order valence-corrected chi connectivity index (χ3v) is 7.18. The van der Waals surface area contributed by atoms with Gasteiger partial charge in [0.05, 0.1) is 16.1 Å². The van der Waals surface area contributed by atoms with E-state index >= 15 is 0 Å². The van der Waals surface area contributed by atoms with Crippen molar-refractivity contribution in [2.24, 2.45) is 7.05 Å². The van der Waals surface area contributed by atoms with Gasteiger partial charge in [0.2, 0.25) is 10.0 Å². The molecule has 1 aliphatic rings. The fourth-order valence-electron chi connectivity index (χ4n) is 2.88. The van der Waals surface area contributed by atoms with E-state index < -0.39 is 16.1 Å². The van der Waals surface area contributed by atoms with Crippen LogP contribution in [0.2, 0.25) is 10.0 Å². The number of halogens is 3. The zero-order valence-corrected chi connectivity index (χ0v) is 16.9. The highest BCUT2D eigenvalue weighted by atomic mass is 35.5. The smallest absolute Gasteiger partial charge is 0.246 e. The highest BCUT2D eigenvalue weighted by Gasteiger charge is 2.38. The second-order valence-electron chi connectivity index (χ2n) is 5.74. The summed E-state index contributed by atoms with van der Waals surface area (Å²) in [6.45, 7) is 3.11. The molecule has 1 saturated heterocycles. The highest BCUT2D eigenvalue weighted by Crippen LogP contribution is 2.37. The van der Waals surface area contributed by atoms with Crippen molar-refractivity contribution in [3.05, 3.63) is 46.0 Å². The molecule has 1 aliphatic heterocycles. The highest BCUT2D eigenvalue weighted by molar-refractivity contribution is 7.89. The van der Waals surface area contributed by atoms with E-state index in [2.05, 4.69) is 10.3 Å². The minimum absolute atomic E-state index is 0. The molecule has 0 saturated carbocycles. The molecule has 25 heavy (non-hydrogen) atoms. The molecule has 2 aromatic rings. The summed E-state index contributed by atoms with van der Waals surface area (Å²) in [5.41, 5.74) is 0.670. The lowest BCUT2D eigenvalue weighted by Crippen LogP contribution is -2.49. The van der Waals surface area contributed by atoms with Gasteiger partial charge in [0.15, 0.2) is 0 Å². The summed E-state index contributed by atoms with van der Waals surface area (Å²) in [4.78, 5) is 4.27. The van der Waals surface area contributed by atoms with Crippen LogP contribution in [0.5, 0.6) is 0 Å². The maximum Gasteiger partial charge on any atom is 0.246 e. The minimum atomic E-state index is -3.86. The largest absolute Gasteiger partial charge is 0.337 e. The maximum absolute atomic E-state index is 13.3. The number of imidazole rings is 1. The summed E-state index contributed by atoms with van der Waals surface area (Å²) < 4.78 is 29.8. The normalized spacial score (nSPS) is 18.8. The summed E-state index contributed by atoms with van der Waals surface area (Å²) in [6, 6.07) is 2.85. The van der Waals surface area contributed by atoms with Gasteiger partial charge in [-0.25, -0.2) is 13.4 Å². The molecule has 1 aromatic heterocycles. The monoisotopic (exact) mass is 424 g/mol. The topological polar surface area (TPSA) is 67.2 Å². The molecule has 0 amide bonds. The predicted molar refractivity (Wildman–Crippen MR) is 101 cm³/mol. The zero-order chi connectivity index (χ0) is 17.5. The lowest BCUT2D eigenvalue weighted by atomic mass is 10.2. The minimum Gasteiger partial charge on any atom is -0.337 e. The van der Waals surface area contributed by atoms with Crippen LogP contribution in [-0.2, 0) is 17.1 Å². The summed E-state index contributed by atoms with van der Waals surface area (Å²) >= 11 is 12.5.